The van der Waals surface area contributed by atoms with E-state index in [1.807, 2.05) is 0 Å². The molecule has 0 unspecified atom stereocenters. The van der Waals surface area contributed by atoms with Crippen LogP contribution in [0.3, 0.4) is 0 Å². The van der Waals surface area contributed by atoms with Crippen LogP contribution < -0.4 is 5.56 Å². The van der Waals surface area contributed by atoms with Gasteiger partial charge in [0.25, 0.3) is 5.56 Å². The van der Waals surface area contributed by atoms with Crippen LogP contribution in [0.5, 0.6) is 0 Å². The molecular weight excluding hydrogens is 303 g/mol. The van der Waals surface area contributed by atoms with E-state index < -0.39 is 0 Å². The van der Waals surface area contributed by atoms with Gasteiger partial charge < -0.3 is 0 Å². The smallest absolute Gasteiger partial charge is 0.261 e. The molecule has 0 radical (unpaired) electrons. The molecule has 3 nitrogen and oxygen atoms in total. The number of aromatic nitrogens is 2. The summed E-state index contributed by atoms with van der Waals surface area (Å²) in [5, 5.41) is 0.606. The number of hydrogen-bond acceptors (Lipinski definition) is 2. The Hall–Kier alpha value is -2.93. The van der Waals surface area contributed by atoms with Crippen LogP contribution in [0.4, 0.5) is 4.39 Å². The van der Waals surface area contributed by atoms with Gasteiger partial charge in [0.05, 0.1) is 17.2 Å². The normalized spacial score (nSPS) is 13.5. The zero-order chi connectivity index (χ0) is 16.5. The molecule has 0 amide bonds. The minimum Gasteiger partial charge on any atom is -0.298 e. The van der Waals surface area contributed by atoms with Gasteiger partial charge in [-0.05, 0) is 55.2 Å². The first kappa shape index (κ1) is 14.6. The van der Waals surface area contributed by atoms with Crippen LogP contribution in [0.2, 0.25) is 0 Å². The summed E-state index contributed by atoms with van der Waals surface area (Å²) in [5.41, 5.74) is 2.00. The molecule has 0 saturated heterocycles. The first-order chi connectivity index (χ1) is 11.7. The Labute approximate surface area is 138 Å². The second-order valence-corrected chi connectivity index (χ2v) is 6.14. The highest BCUT2D eigenvalue weighted by Gasteiger charge is 2.22. The van der Waals surface area contributed by atoms with Gasteiger partial charge in [0.2, 0.25) is 0 Å². The minimum absolute atomic E-state index is 0.00320. The Morgan fingerprint density at radius 3 is 2.67 bits per heavy atom. The van der Waals surface area contributed by atoms with Crippen LogP contribution >= 0.6 is 0 Å². The molecule has 1 aliphatic rings. The summed E-state index contributed by atoms with van der Waals surface area (Å²) in [6.07, 6.45) is 4.00. The fourth-order valence-corrected chi connectivity index (χ4v) is 2.66. The number of rotatable bonds is 2. The molecular formula is C20H15FN2O. The monoisotopic (exact) mass is 318 g/mol. The van der Waals surface area contributed by atoms with Crippen LogP contribution in [0, 0.1) is 23.6 Å². The standard InChI is InChI=1S/C20H15FN2O/c21-17-3-1-2-14(10-17)4-5-15-8-9-18-19(11-15)22-13-23(20(18)24)12-16-6-7-16/h1-3,8-11,13,16H,6-7,12H2. The van der Waals surface area contributed by atoms with Crippen molar-refractivity contribution in [3.8, 4) is 11.8 Å². The molecule has 24 heavy (non-hydrogen) atoms. The fourth-order valence-electron chi connectivity index (χ4n) is 2.66. The Morgan fingerprint density at radius 1 is 1.12 bits per heavy atom. The van der Waals surface area contributed by atoms with Crippen molar-refractivity contribution in [2.75, 3.05) is 0 Å². The summed E-state index contributed by atoms with van der Waals surface area (Å²) >= 11 is 0. The first-order valence-corrected chi connectivity index (χ1v) is 7.96. The molecule has 4 rings (SSSR count). The third-order valence-corrected chi connectivity index (χ3v) is 4.15. The van der Waals surface area contributed by atoms with Gasteiger partial charge in [-0.2, -0.15) is 0 Å². The van der Waals surface area contributed by atoms with Gasteiger partial charge in [-0.15, -0.1) is 0 Å². The highest BCUT2D eigenvalue weighted by Crippen LogP contribution is 2.30. The van der Waals surface area contributed by atoms with Crippen molar-refractivity contribution < 1.29 is 4.39 Å². The lowest BCUT2D eigenvalue weighted by atomic mass is 10.1. The van der Waals surface area contributed by atoms with Crippen molar-refractivity contribution in [3.05, 3.63) is 76.1 Å². The van der Waals surface area contributed by atoms with Crippen molar-refractivity contribution in [2.24, 2.45) is 5.92 Å². The van der Waals surface area contributed by atoms with Crippen LogP contribution in [0.1, 0.15) is 24.0 Å². The Morgan fingerprint density at radius 2 is 1.92 bits per heavy atom. The summed E-state index contributed by atoms with van der Waals surface area (Å²) in [7, 11) is 0. The van der Waals surface area contributed by atoms with E-state index in [2.05, 4.69) is 16.8 Å². The van der Waals surface area contributed by atoms with E-state index in [1.165, 1.54) is 25.0 Å². The number of fused-ring (bicyclic) bond motifs is 1. The third kappa shape index (κ3) is 3.07. The van der Waals surface area contributed by atoms with Gasteiger partial charge in [0, 0.05) is 17.7 Å². The van der Waals surface area contributed by atoms with Crippen LogP contribution in [-0.2, 0) is 6.54 Å². The lowest BCUT2D eigenvalue weighted by Gasteiger charge is -2.05. The molecule has 0 N–H and O–H groups in total. The second kappa shape index (κ2) is 5.93. The lowest BCUT2D eigenvalue weighted by Crippen LogP contribution is -2.21. The molecule has 1 heterocycles. The third-order valence-electron chi connectivity index (χ3n) is 4.15. The molecule has 1 aromatic heterocycles. The fraction of sp³-hybridized carbons (Fsp3) is 0.200. The molecule has 0 aliphatic heterocycles. The summed E-state index contributed by atoms with van der Waals surface area (Å²) in [6.45, 7) is 0.753. The van der Waals surface area contributed by atoms with Crippen molar-refractivity contribution in [3.63, 3.8) is 0 Å². The molecule has 118 valence electrons. The van der Waals surface area contributed by atoms with E-state index >= 15 is 0 Å². The minimum atomic E-state index is -0.307. The van der Waals surface area contributed by atoms with Crippen molar-refractivity contribution in [1.29, 1.82) is 0 Å². The van der Waals surface area contributed by atoms with Crippen LogP contribution in [-0.4, -0.2) is 9.55 Å². The molecule has 3 aromatic rings. The van der Waals surface area contributed by atoms with Gasteiger partial charge in [-0.1, -0.05) is 17.9 Å². The number of nitrogens with zero attached hydrogens (tertiary/aromatic N) is 2. The van der Waals surface area contributed by atoms with E-state index in [-0.39, 0.29) is 11.4 Å². The lowest BCUT2D eigenvalue weighted by molar-refractivity contribution is 0.602. The molecule has 0 bridgehead atoms. The topological polar surface area (TPSA) is 34.9 Å². The SMILES string of the molecule is O=c1c2ccc(C#Cc3cccc(F)c3)cc2ncn1CC1CC1. The highest BCUT2D eigenvalue weighted by atomic mass is 19.1. The largest absolute Gasteiger partial charge is 0.298 e. The maximum Gasteiger partial charge on any atom is 0.261 e. The molecule has 4 heteroatoms. The average Bonchev–Trinajstić information content (AvgIpc) is 3.40. The van der Waals surface area contributed by atoms with Crippen LogP contribution in [0.25, 0.3) is 10.9 Å². The predicted molar refractivity (Wildman–Crippen MR) is 91.1 cm³/mol. The molecule has 1 saturated carbocycles. The molecule has 0 atom stereocenters. The van der Waals surface area contributed by atoms with Gasteiger partial charge in [-0.25, -0.2) is 9.37 Å². The summed E-state index contributed by atoms with van der Waals surface area (Å²) in [4.78, 5) is 16.9. The zero-order valence-corrected chi connectivity index (χ0v) is 13.0. The summed E-state index contributed by atoms with van der Waals surface area (Å²) in [6, 6.07) is 11.5. The van der Waals surface area contributed by atoms with E-state index in [0.717, 1.165) is 12.1 Å². The molecule has 1 fully saturated rings. The van der Waals surface area contributed by atoms with Crippen molar-refractivity contribution >= 4 is 10.9 Å². The number of halogens is 1. The molecule has 2 aromatic carbocycles. The number of benzene rings is 2. The zero-order valence-electron chi connectivity index (χ0n) is 13.0. The van der Waals surface area contributed by atoms with Gasteiger partial charge >= 0.3 is 0 Å². The first-order valence-electron chi connectivity index (χ1n) is 7.96. The van der Waals surface area contributed by atoms with E-state index in [4.69, 9.17) is 0 Å². The van der Waals surface area contributed by atoms with Gasteiger partial charge in [-0.3, -0.25) is 9.36 Å². The maximum atomic E-state index is 13.2. The van der Waals surface area contributed by atoms with E-state index in [9.17, 15) is 9.18 Å². The summed E-state index contributed by atoms with van der Waals surface area (Å²) < 4.78 is 14.9. The molecule has 1 aliphatic carbocycles. The average molecular weight is 318 g/mol. The van der Waals surface area contributed by atoms with E-state index in [1.54, 1.807) is 41.2 Å². The van der Waals surface area contributed by atoms with Crippen LogP contribution in [0.15, 0.2) is 53.6 Å². The summed E-state index contributed by atoms with van der Waals surface area (Å²) in [5.74, 6) is 6.23. The maximum absolute atomic E-state index is 13.2. The Bertz CT molecular complexity index is 1040. The number of hydrogen-bond donors (Lipinski definition) is 0. The van der Waals surface area contributed by atoms with Crippen molar-refractivity contribution in [1.82, 2.24) is 9.55 Å². The quantitative estimate of drug-likeness (QED) is 0.679. The second-order valence-electron chi connectivity index (χ2n) is 6.14. The predicted octanol–water partition coefficient (Wildman–Crippen LogP) is 3.35. The van der Waals surface area contributed by atoms with Gasteiger partial charge in [0.15, 0.2) is 0 Å². The highest BCUT2D eigenvalue weighted by molar-refractivity contribution is 5.79. The van der Waals surface area contributed by atoms with Gasteiger partial charge in [0.1, 0.15) is 5.82 Å². The molecule has 0 spiro atoms. The Kier molecular flexibility index (Phi) is 3.62. The van der Waals surface area contributed by atoms with Crippen molar-refractivity contribution in [2.45, 2.75) is 19.4 Å². The van der Waals surface area contributed by atoms with E-state index in [0.29, 0.717) is 22.4 Å². The Balaban J connectivity index is 1.67.